The van der Waals surface area contributed by atoms with Crippen LogP contribution in [0.3, 0.4) is 0 Å². The first-order chi connectivity index (χ1) is 12.4. The molecule has 1 aromatic carbocycles. The quantitative estimate of drug-likeness (QED) is 0.652. The standard InChI is InChI=1S/C16H13ClN4O3S2/c17-14-7-8-15(20-19-14)21-26(23,24)13-5-3-11(4-6-13)18-16(22)10-12-2-1-9-25-12/h1-9H,10H2,(H,18,22)(H,20,21). The zero-order chi connectivity index (χ0) is 18.6. The molecular weight excluding hydrogens is 396 g/mol. The SMILES string of the molecule is O=C(Cc1cccs1)Nc1ccc(S(=O)(=O)Nc2ccc(Cl)nn2)cc1. The molecule has 0 aliphatic carbocycles. The van der Waals surface area contributed by atoms with E-state index in [0.717, 1.165) is 4.88 Å². The number of sulfonamides is 1. The van der Waals surface area contributed by atoms with Gasteiger partial charge in [0.1, 0.15) is 0 Å². The van der Waals surface area contributed by atoms with Gasteiger partial charge in [-0.25, -0.2) is 8.42 Å². The topological polar surface area (TPSA) is 101 Å². The maximum Gasteiger partial charge on any atom is 0.263 e. The summed E-state index contributed by atoms with van der Waals surface area (Å²) in [6.07, 6.45) is 0.272. The van der Waals surface area contributed by atoms with Gasteiger partial charge >= 0.3 is 0 Å². The number of benzene rings is 1. The van der Waals surface area contributed by atoms with Crippen molar-refractivity contribution in [3.05, 3.63) is 63.9 Å². The highest BCUT2D eigenvalue weighted by atomic mass is 35.5. The van der Waals surface area contributed by atoms with Crippen molar-refractivity contribution >= 4 is 50.4 Å². The van der Waals surface area contributed by atoms with Gasteiger partial charge < -0.3 is 5.32 Å². The van der Waals surface area contributed by atoms with Crippen molar-refractivity contribution in [2.45, 2.75) is 11.3 Å². The Hall–Kier alpha value is -2.49. The van der Waals surface area contributed by atoms with Crippen molar-refractivity contribution in [3.63, 3.8) is 0 Å². The lowest BCUT2D eigenvalue weighted by atomic mass is 10.3. The summed E-state index contributed by atoms with van der Waals surface area (Å²) in [5.41, 5.74) is 0.511. The van der Waals surface area contributed by atoms with Crippen LogP contribution in [0.15, 0.2) is 58.8 Å². The number of carbonyl (C=O) groups excluding carboxylic acids is 1. The predicted molar refractivity (Wildman–Crippen MR) is 101 cm³/mol. The fraction of sp³-hybridized carbons (Fsp3) is 0.0625. The molecule has 134 valence electrons. The van der Waals surface area contributed by atoms with Gasteiger partial charge in [0, 0.05) is 10.6 Å². The average molecular weight is 409 g/mol. The molecule has 7 nitrogen and oxygen atoms in total. The summed E-state index contributed by atoms with van der Waals surface area (Å²) in [6, 6.07) is 12.4. The minimum Gasteiger partial charge on any atom is -0.326 e. The number of halogens is 1. The number of thiophene rings is 1. The summed E-state index contributed by atoms with van der Waals surface area (Å²) in [7, 11) is -3.82. The molecular formula is C16H13ClN4O3S2. The van der Waals surface area contributed by atoms with E-state index in [1.807, 2.05) is 17.5 Å². The molecule has 0 radical (unpaired) electrons. The lowest BCUT2D eigenvalue weighted by molar-refractivity contribution is -0.115. The number of nitrogens with zero attached hydrogens (tertiary/aromatic N) is 2. The van der Waals surface area contributed by atoms with Crippen LogP contribution in [0.2, 0.25) is 5.15 Å². The molecule has 0 atom stereocenters. The molecule has 3 rings (SSSR count). The molecule has 0 aliphatic heterocycles. The van der Waals surface area contributed by atoms with Crippen LogP contribution < -0.4 is 10.0 Å². The lowest BCUT2D eigenvalue weighted by Crippen LogP contribution is -2.15. The maximum atomic E-state index is 12.3. The van der Waals surface area contributed by atoms with Crippen molar-refractivity contribution < 1.29 is 13.2 Å². The zero-order valence-electron chi connectivity index (χ0n) is 13.2. The fourth-order valence-electron chi connectivity index (χ4n) is 2.06. The van der Waals surface area contributed by atoms with E-state index in [0.29, 0.717) is 5.69 Å². The first-order valence-corrected chi connectivity index (χ1v) is 10.1. The molecule has 1 amide bonds. The van der Waals surface area contributed by atoms with Gasteiger partial charge in [0.25, 0.3) is 10.0 Å². The average Bonchev–Trinajstić information content (AvgIpc) is 3.10. The number of rotatable bonds is 6. The van der Waals surface area contributed by atoms with Crippen LogP contribution in [0.4, 0.5) is 11.5 Å². The van der Waals surface area contributed by atoms with Crippen molar-refractivity contribution in [2.24, 2.45) is 0 Å². The third kappa shape index (κ3) is 4.78. The van der Waals surface area contributed by atoms with Crippen LogP contribution in [0.5, 0.6) is 0 Å². The highest BCUT2D eigenvalue weighted by molar-refractivity contribution is 7.92. The van der Waals surface area contributed by atoms with E-state index in [1.165, 1.54) is 47.7 Å². The molecule has 26 heavy (non-hydrogen) atoms. The van der Waals surface area contributed by atoms with E-state index in [2.05, 4.69) is 20.2 Å². The molecule has 0 saturated carbocycles. The second kappa shape index (κ2) is 7.81. The Kier molecular flexibility index (Phi) is 5.50. The molecule has 0 fully saturated rings. The Morgan fingerprint density at radius 1 is 1.08 bits per heavy atom. The van der Waals surface area contributed by atoms with Crippen molar-refractivity contribution in [1.82, 2.24) is 10.2 Å². The minimum atomic E-state index is -3.82. The Bertz CT molecular complexity index is 989. The molecule has 3 aromatic rings. The lowest BCUT2D eigenvalue weighted by Gasteiger charge is -2.08. The van der Waals surface area contributed by atoms with Gasteiger partial charge in [-0.1, -0.05) is 17.7 Å². The zero-order valence-corrected chi connectivity index (χ0v) is 15.6. The van der Waals surface area contributed by atoms with Crippen LogP contribution >= 0.6 is 22.9 Å². The van der Waals surface area contributed by atoms with Gasteiger partial charge in [-0.3, -0.25) is 9.52 Å². The van der Waals surface area contributed by atoms with Crippen molar-refractivity contribution in [3.8, 4) is 0 Å². The van der Waals surface area contributed by atoms with Crippen molar-refractivity contribution in [2.75, 3.05) is 10.0 Å². The normalized spacial score (nSPS) is 11.1. The van der Waals surface area contributed by atoms with Gasteiger partial charge in [0.2, 0.25) is 5.91 Å². The van der Waals surface area contributed by atoms with Gasteiger partial charge in [0.15, 0.2) is 11.0 Å². The molecule has 0 bridgehead atoms. The molecule has 0 aliphatic rings. The smallest absolute Gasteiger partial charge is 0.263 e. The van der Waals surface area contributed by atoms with Gasteiger partial charge in [0.05, 0.1) is 11.3 Å². The molecule has 2 aromatic heterocycles. The summed E-state index contributed by atoms with van der Waals surface area (Å²) >= 11 is 7.12. The molecule has 0 saturated heterocycles. The maximum absolute atomic E-state index is 12.3. The second-order valence-corrected chi connectivity index (χ2v) is 8.28. The van der Waals surface area contributed by atoms with Gasteiger partial charge in [-0.15, -0.1) is 21.5 Å². The highest BCUT2D eigenvalue weighted by Crippen LogP contribution is 2.18. The van der Waals surface area contributed by atoms with Gasteiger partial charge in [-0.05, 0) is 47.8 Å². The number of nitrogens with one attached hydrogen (secondary N) is 2. The Morgan fingerprint density at radius 2 is 1.85 bits per heavy atom. The van der Waals surface area contributed by atoms with E-state index in [4.69, 9.17) is 11.6 Å². The number of hydrogen-bond donors (Lipinski definition) is 2. The molecule has 10 heteroatoms. The summed E-state index contributed by atoms with van der Waals surface area (Å²) in [5.74, 6) is -0.111. The third-order valence-corrected chi connectivity index (χ3v) is 5.68. The number of carbonyl (C=O) groups is 1. The summed E-state index contributed by atoms with van der Waals surface area (Å²) < 4.78 is 27.0. The summed E-state index contributed by atoms with van der Waals surface area (Å²) in [4.78, 5) is 13.0. The first kappa shape index (κ1) is 18.3. The van der Waals surface area contributed by atoms with Crippen LogP contribution in [0, 0.1) is 0 Å². The van der Waals surface area contributed by atoms with Crippen LogP contribution in [-0.4, -0.2) is 24.5 Å². The number of anilines is 2. The van der Waals surface area contributed by atoms with E-state index in [1.54, 1.807) is 0 Å². The van der Waals surface area contributed by atoms with E-state index in [9.17, 15) is 13.2 Å². The highest BCUT2D eigenvalue weighted by Gasteiger charge is 2.15. The summed E-state index contributed by atoms with van der Waals surface area (Å²) in [5, 5.41) is 12.0. The van der Waals surface area contributed by atoms with E-state index < -0.39 is 10.0 Å². The Labute approximate surface area is 159 Å². The largest absolute Gasteiger partial charge is 0.326 e. The molecule has 2 N–H and O–H groups in total. The Morgan fingerprint density at radius 3 is 2.46 bits per heavy atom. The van der Waals surface area contributed by atoms with Crippen LogP contribution in [-0.2, 0) is 21.2 Å². The number of hydrogen-bond acceptors (Lipinski definition) is 6. The Balaban J connectivity index is 1.66. The summed E-state index contributed by atoms with van der Waals surface area (Å²) in [6.45, 7) is 0. The second-order valence-electron chi connectivity index (χ2n) is 5.18. The molecule has 0 unspecified atom stereocenters. The number of amides is 1. The van der Waals surface area contributed by atoms with Crippen LogP contribution in [0.25, 0.3) is 0 Å². The van der Waals surface area contributed by atoms with Crippen molar-refractivity contribution in [1.29, 1.82) is 0 Å². The predicted octanol–water partition coefficient (Wildman–Crippen LogP) is 3.17. The van der Waals surface area contributed by atoms with Crippen LogP contribution in [0.1, 0.15) is 4.88 Å². The monoisotopic (exact) mass is 408 g/mol. The number of aromatic nitrogens is 2. The van der Waals surface area contributed by atoms with E-state index in [-0.39, 0.29) is 28.2 Å². The van der Waals surface area contributed by atoms with E-state index >= 15 is 0 Å². The minimum absolute atomic E-state index is 0.0329. The first-order valence-electron chi connectivity index (χ1n) is 7.37. The van der Waals surface area contributed by atoms with Gasteiger partial charge in [-0.2, -0.15) is 0 Å². The molecule has 2 heterocycles. The fourth-order valence-corrected chi connectivity index (χ4v) is 3.86. The molecule has 0 spiro atoms. The third-order valence-electron chi connectivity index (χ3n) is 3.23.